The van der Waals surface area contributed by atoms with Crippen LogP contribution in [0.25, 0.3) is 0 Å². The molecule has 1 aromatic rings. The molecule has 0 atom stereocenters. The van der Waals surface area contributed by atoms with E-state index in [2.05, 4.69) is 4.72 Å². The third-order valence-electron chi connectivity index (χ3n) is 2.96. The van der Waals surface area contributed by atoms with E-state index >= 15 is 0 Å². The van der Waals surface area contributed by atoms with E-state index in [-0.39, 0.29) is 18.6 Å². The lowest BCUT2D eigenvalue weighted by Gasteiger charge is -2.31. The highest BCUT2D eigenvalue weighted by Crippen LogP contribution is 2.26. The molecule has 0 aromatic heterocycles. The van der Waals surface area contributed by atoms with Gasteiger partial charge in [-0.05, 0) is 37.0 Å². The third kappa shape index (κ3) is 2.85. The summed E-state index contributed by atoms with van der Waals surface area (Å²) in [5.41, 5.74) is 0. The number of benzene rings is 1. The predicted octanol–water partition coefficient (Wildman–Crippen LogP) is 1.01. The molecule has 0 unspecified atom stereocenters. The van der Waals surface area contributed by atoms with E-state index in [1.54, 1.807) is 0 Å². The molecule has 0 saturated heterocycles. The summed E-state index contributed by atoms with van der Waals surface area (Å²) >= 11 is 0. The lowest BCUT2D eigenvalue weighted by Crippen LogP contribution is -2.38. The summed E-state index contributed by atoms with van der Waals surface area (Å²) in [5, 5.41) is 9.06. The van der Waals surface area contributed by atoms with Gasteiger partial charge in [-0.1, -0.05) is 0 Å². The summed E-state index contributed by atoms with van der Waals surface area (Å²) < 4.78 is 52.0. The summed E-state index contributed by atoms with van der Waals surface area (Å²) in [7, 11) is -4.05. The molecule has 2 rings (SSSR count). The number of sulfonamides is 1. The molecule has 0 heterocycles. The van der Waals surface area contributed by atoms with Gasteiger partial charge in [0, 0.05) is 6.54 Å². The van der Waals surface area contributed by atoms with Crippen molar-refractivity contribution in [3.05, 3.63) is 29.8 Å². The van der Waals surface area contributed by atoms with Crippen LogP contribution in [0.2, 0.25) is 0 Å². The number of aliphatic hydroxyl groups excluding tert-OH is 1. The van der Waals surface area contributed by atoms with E-state index in [9.17, 15) is 17.2 Å². The van der Waals surface area contributed by atoms with Crippen LogP contribution < -0.4 is 4.72 Å². The van der Waals surface area contributed by atoms with Gasteiger partial charge in [0.05, 0.1) is 6.10 Å². The van der Waals surface area contributed by atoms with Crippen molar-refractivity contribution >= 4 is 10.0 Å². The molecule has 1 aliphatic rings. The quantitative estimate of drug-likeness (QED) is 0.863. The first-order valence-corrected chi connectivity index (χ1v) is 6.99. The molecule has 0 bridgehead atoms. The van der Waals surface area contributed by atoms with Gasteiger partial charge in [-0.15, -0.1) is 0 Å². The molecule has 1 aliphatic carbocycles. The van der Waals surface area contributed by atoms with Gasteiger partial charge in [-0.25, -0.2) is 21.9 Å². The SMILES string of the molecule is O=S(=O)(NCC1CC(O)C1)c1cc(F)ccc1F. The first-order chi connectivity index (χ1) is 8.38. The Bertz CT molecular complexity index is 541. The van der Waals surface area contributed by atoms with Gasteiger partial charge in [0.25, 0.3) is 0 Å². The van der Waals surface area contributed by atoms with Crippen molar-refractivity contribution in [2.45, 2.75) is 23.8 Å². The Hall–Kier alpha value is -1.05. The first-order valence-electron chi connectivity index (χ1n) is 5.51. The van der Waals surface area contributed by atoms with E-state index in [0.717, 1.165) is 12.1 Å². The van der Waals surface area contributed by atoms with Crippen molar-refractivity contribution in [3.63, 3.8) is 0 Å². The van der Waals surface area contributed by atoms with Gasteiger partial charge in [-0.2, -0.15) is 0 Å². The molecule has 7 heteroatoms. The molecule has 0 amide bonds. The predicted molar refractivity (Wildman–Crippen MR) is 60.3 cm³/mol. The second kappa shape index (κ2) is 4.91. The molecular weight excluding hydrogens is 264 g/mol. The Morgan fingerprint density at radius 3 is 2.61 bits per heavy atom. The Kier molecular flexibility index (Phi) is 3.65. The van der Waals surface area contributed by atoms with Gasteiger partial charge in [-0.3, -0.25) is 0 Å². The standard InChI is InChI=1S/C11H13F2NO3S/c12-8-1-2-10(13)11(5-8)18(16,17)14-6-7-3-9(15)4-7/h1-2,5,7,9,14-15H,3-4,6H2. The maximum atomic E-state index is 13.3. The van der Waals surface area contributed by atoms with E-state index in [4.69, 9.17) is 5.11 Å². The van der Waals surface area contributed by atoms with Crippen molar-refractivity contribution in [2.24, 2.45) is 5.92 Å². The summed E-state index contributed by atoms with van der Waals surface area (Å²) in [6, 6.07) is 2.28. The fourth-order valence-electron chi connectivity index (χ4n) is 1.86. The van der Waals surface area contributed by atoms with Crippen LogP contribution in [0.3, 0.4) is 0 Å². The van der Waals surface area contributed by atoms with Gasteiger partial charge >= 0.3 is 0 Å². The molecule has 18 heavy (non-hydrogen) atoms. The highest BCUT2D eigenvalue weighted by molar-refractivity contribution is 7.89. The highest BCUT2D eigenvalue weighted by Gasteiger charge is 2.29. The minimum absolute atomic E-state index is 0.0476. The molecule has 0 radical (unpaired) electrons. The molecule has 1 saturated carbocycles. The molecule has 1 aromatic carbocycles. The van der Waals surface area contributed by atoms with E-state index in [1.807, 2.05) is 0 Å². The monoisotopic (exact) mass is 277 g/mol. The zero-order valence-electron chi connectivity index (χ0n) is 9.44. The number of rotatable bonds is 4. The van der Waals surface area contributed by atoms with Gasteiger partial charge in [0.15, 0.2) is 0 Å². The number of aliphatic hydroxyl groups is 1. The molecule has 0 spiro atoms. The van der Waals surface area contributed by atoms with Crippen LogP contribution in [-0.2, 0) is 10.0 Å². The van der Waals surface area contributed by atoms with E-state index < -0.39 is 26.6 Å². The Morgan fingerprint density at radius 2 is 2.00 bits per heavy atom. The van der Waals surface area contributed by atoms with Crippen molar-refractivity contribution in [1.82, 2.24) is 4.72 Å². The zero-order chi connectivity index (χ0) is 13.3. The van der Waals surface area contributed by atoms with Crippen LogP contribution in [0.1, 0.15) is 12.8 Å². The minimum atomic E-state index is -4.05. The van der Waals surface area contributed by atoms with Crippen LogP contribution in [0.4, 0.5) is 8.78 Å². The number of nitrogens with one attached hydrogen (secondary N) is 1. The number of hydrogen-bond acceptors (Lipinski definition) is 3. The summed E-state index contributed by atoms with van der Waals surface area (Å²) in [6.45, 7) is 0.120. The molecule has 4 nitrogen and oxygen atoms in total. The highest BCUT2D eigenvalue weighted by atomic mass is 32.2. The fraction of sp³-hybridized carbons (Fsp3) is 0.455. The van der Waals surface area contributed by atoms with Crippen LogP contribution in [-0.4, -0.2) is 26.2 Å². The maximum absolute atomic E-state index is 13.3. The number of halogens is 2. The first kappa shape index (κ1) is 13.4. The van der Waals surface area contributed by atoms with Crippen LogP contribution in [0.5, 0.6) is 0 Å². The largest absolute Gasteiger partial charge is 0.393 e. The summed E-state index contributed by atoms with van der Waals surface area (Å²) in [6.07, 6.45) is 0.660. The minimum Gasteiger partial charge on any atom is -0.393 e. The summed E-state index contributed by atoms with van der Waals surface area (Å²) in [5.74, 6) is -1.75. The molecule has 2 N–H and O–H groups in total. The smallest absolute Gasteiger partial charge is 0.243 e. The maximum Gasteiger partial charge on any atom is 0.243 e. The molecule has 1 fully saturated rings. The average molecular weight is 277 g/mol. The average Bonchev–Trinajstić information content (AvgIpc) is 2.26. The third-order valence-corrected chi connectivity index (χ3v) is 4.39. The molecule has 0 aliphatic heterocycles. The van der Waals surface area contributed by atoms with Crippen molar-refractivity contribution in [3.8, 4) is 0 Å². The number of hydrogen-bond donors (Lipinski definition) is 2. The van der Waals surface area contributed by atoms with Crippen LogP contribution >= 0.6 is 0 Å². The van der Waals surface area contributed by atoms with E-state index in [1.165, 1.54) is 0 Å². The van der Waals surface area contributed by atoms with Crippen LogP contribution in [0.15, 0.2) is 23.1 Å². The lowest BCUT2D eigenvalue weighted by atomic mass is 9.83. The van der Waals surface area contributed by atoms with Gasteiger partial charge in [0.1, 0.15) is 16.5 Å². The lowest BCUT2D eigenvalue weighted by molar-refractivity contribution is 0.0453. The Morgan fingerprint density at radius 1 is 1.33 bits per heavy atom. The second-order valence-electron chi connectivity index (χ2n) is 4.42. The zero-order valence-corrected chi connectivity index (χ0v) is 10.3. The topological polar surface area (TPSA) is 66.4 Å². The second-order valence-corrected chi connectivity index (χ2v) is 6.15. The van der Waals surface area contributed by atoms with Gasteiger partial charge < -0.3 is 5.11 Å². The van der Waals surface area contributed by atoms with Crippen molar-refractivity contribution in [2.75, 3.05) is 6.54 Å². The molecular formula is C11H13F2NO3S. The molecule has 100 valence electrons. The Labute approximate surface area is 104 Å². The van der Waals surface area contributed by atoms with Crippen LogP contribution in [0, 0.1) is 17.6 Å². The van der Waals surface area contributed by atoms with Crippen molar-refractivity contribution in [1.29, 1.82) is 0 Å². The normalized spacial score (nSPS) is 23.7. The van der Waals surface area contributed by atoms with Crippen molar-refractivity contribution < 1.29 is 22.3 Å². The summed E-state index contributed by atoms with van der Waals surface area (Å²) in [4.78, 5) is -0.692. The fourth-order valence-corrected chi connectivity index (χ4v) is 3.06. The van der Waals surface area contributed by atoms with Gasteiger partial charge in [0.2, 0.25) is 10.0 Å². The Balaban J connectivity index is 2.08. The van der Waals surface area contributed by atoms with E-state index in [0.29, 0.717) is 18.9 Å².